The number of imidazole rings is 1. The van der Waals surface area contributed by atoms with Crippen molar-refractivity contribution in [3.8, 4) is 5.75 Å². The number of hydrogen-bond acceptors (Lipinski definition) is 5. The van der Waals surface area contributed by atoms with Crippen LogP contribution in [-0.4, -0.2) is 21.3 Å². The molecule has 6 heteroatoms. The van der Waals surface area contributed by atoms with Gasteiger partial charge in [-0.2, -0.15) is 0 Å². The number of aryl methyl sites for hydroxylation is 1. The number of rotatable bonds is 3. The Balaban J connectivity index is 1.68. The van der Waals surface area contributed by atoms with E-state index in [0.29, 0.717) is 17.4 Å². The highest BCUT2D eigenvalue weighted by molar-refractivity contribution is 5.86. The molecule has 0 unspecified atom stereocenters. The van der Waals surface area contributed by atoms with E-state index in [2.05, 4.69) is 15.0 Å². The van der Waals surface area contributed by atoms with Crippen LogP contribution in [0.3, 0.4) is 0 Å². The summed E-state index contributed by atoms with van der Waals surface area (Å²) in [5, 5.41) is 9.83. The zero-order valence-electron chi connectivity index (χ0n) is 12.5. The molecule has 0 atom stereocenters. The molecule has 2 aromatic heterocycles. The van der Waals surface area contributed by atoms with Gasteiger partial charge in [-0.25, -0.2) is 9.78 Å². The Kier molecular flexibility index (Phi) is 3.04. The number of H-pyrrole nitrogens is 1. The predicted octanol–water partition coefficient (Wildman–Crippen LogP) is 3.16. The number of aromatic nitrogens is 2. The minimum Gasteiger partial charge on any atom is -0.507 e. The predicted molar refractivity (Wildman–Crippen MR) is 86.7 cm³/mol. The highest BCUT2D eigenvalue weighted by atomic mass is 16.4. The van der Waals surface area contributed by atoms with Gasteiger partial charge in [-0.3, -0.25) is 4.99 Å². The van der Waals surface area contributed by atoms with Crippen LogP contribution < -0.4 is 5.63 Å². The maximum atomic E-state index is 11.7. The third-order valence-corrected chi connectivity index (χ3v) is 3.88. The van der Waals surface area contributed by atoms with Crippen molar-refractivity contribution in [2.75, 3.05) is 0 Å². The lowest BCUT2D eigenvalue weighted by Gasteiger charge is -1.98. The molecule has 0 radical (unpaired) electrons. The molecule has 1 saturated carbocycles. The highest BCUT2D eigenvalue weighted by Crippen LogP contribution is 2.39. The van der Waals surface area contributed by atoms with Crippen molar-refractivity contribution in [3.63, 3.8) is 0 Å². The first-order valence-corrected chi connectivity index (χ1v) is 7.47. The number of nitrogens with zero attached hydrogens (tertiary/aromatic N) is 2. The zero-order chi connectivity index (χ0) is 16.0. The van der Waals surface area contributed by atoms with Crippen LogP contribution in [0.5, 0.6) is 5.75 Å². The van der Waals surface area contributed by atoms with Gasteiger partial charge < -0.3 is 14.5 Å². The van der Waals surface area contributed by atoms with Crippen molar-refractivity contribution in [2.45, 2.75) is 25.7 Å². The van der Waals surface area contributed by atoms with Gasteiger partial charge in [0.2, 0.25) is 0 Å². The first kappa shape index (κ1) is 13.8. The van der Waals surface area contributed by atoms with Crippen molar-refractivity contribution in [3.05, 3.63) is 51.8 Å². The second-order valence-corrected chi connectivity index (χ2v) is 5.80. The SMILES string of the molecule is Cc1cc(O)c(C=Nc2ccc3nc(C4CC4)[nH]c3c2)c(=O)o1. The second-order valence-electron chi connectivity index (χ2n) is 5.80. The van der Waals surface area contributed by atoms with Crippen LogP contribution in [0.25, 0.3) is 11.0 Å². The molecular formula is C17H15N3O3. The van der Waals surface area contributed by atoms with Crippen LogP contribution in [0.15, 0.2) is 38.5 Å². The van der Waals surface area contributed by atoms with Gasteiger partial charge in [-0.05, 0) is 38.0 Å². The first-order valence-electron chi connectivity index (χ1n) is 7.47. The number of aromatic hydroxyl groups is 1. The summed E-state index contributed by atoms with van der Waals surface area (Å²) in [6, 6.07) is 6.98. The molecule has 0 aliphatic heterocycles. The number of hydrogen-bond donors (Lipinski definition) is 2. The maximum Gasteiger partial charge on any atom is 0.348 e. The van der Waals surface area contributed by atoms with Crippen molar-refractivity contribution in [1.82, 2.24) is 9.97 Å². The van der Waals surface area contributed by atoms with E-state index in [1.54, 1.807) is 6.92 Å². The molecule has 1 aliphatic rings. The van der Waals surface area contributed by atoms with Crippen LogP contribution >= 0.6 is 0 Å². The van der Waals surface area contributed by atoms with E-state index in [1.807, 2.05) is 18.2 Å². The minimum atomic E-state index is -0.607. The Hall–Kier alpha value is -2.89. The molecule has 1 aromatic carbocycles. The molecular weight excluding hydrogens is 294 g/mol. The topological polar surface area (TPSA) is 91.5 Å². The summed E-state index contributed by atoms with van der Waals surface area (Å²) in [5.74, 6) is 1.80. The van der Waals surface area contributed by atoms with Crippen molar-refractivity contribution >= 4 is 22.9 Å². The molecule has 1 aliphatic carbocycles. The van der Waals surface area contributed by atoms with Gasteiger partial charge >= 0.3 is 5.63 Å². The van der Waals surface area contributed by atoms with Crippen molar-refractivity contribution in [1.29, 1.82) is 0 Å². The Morgan fingerprint density at radius 2 is 2.22 bits per heavy atom. The normalized spacial score (nSPS) is 14.8. The summed E-state index contributed by atoms with van der Waals surface area (Å²) < 4.78 is 4.96. The molecule has 0 amide bonds. The van der Waals surface area contributed by atoms with Gasteiger partial charge in [0.1, 0.15) is 22.9 Å². The average Bonchev–Trinajstić information content (AvgIpc) is 3.26. The van der Waals surface area contributed by atoms with E-state index >= 15 is 0 Å². The van der Waals surface area contributed by atoms with E-state index in [0.717, 1.165) is 16.9 Å². The molecule has 2 heterocycles. The van der Waals surface area contributed by atoms with E-state index in [1.165, 1.54) is 25.1 Å². The summed E-state index contributed by atoms with van der Waals surface area (Å²) in [7, 11) is 0. The molecule has 1 fully saturated rings. The first-order chi connectivity index (χ1) is 11.1. The van der Waals surface area contributed by atoms with Crippen molar-refractivity contribution in [2.24, 2.45) is 4.99 Å². The Bertz CT molecular complexity index is 980. The smallest absolute Gasteiger partial charge is 0.348 e. The molecule has 116 valence electrons. The Morgan fingerprint density at radius 3 is 2.96 bits per heavy atom. The summed E-state index contributed by atoms with van der Waals surface area (Å²) in [6.07, 6.45) is 3.70. The van der Waals surface area contributed by atoms with E-state index in [-0.39, 0.29) is 11.3 Å². The molecule has 3 aromatic rings. The number of nitrogens with one attached hydrogen (secondary N) is 1. The van der Waals surface area contributed by atoms with Crippen LogP contribution in [-0.2, 0) is 0 Å². The van der Waals surface area contributed by atoms with E-state index in [4.69, 9.17) is 4.42 Å². The van der Waals surface area contributed by atoms with Crippen molar-refractivity contribution < 1.29 is 9.52 Å². The monoisotopic (exact) mass is 309 g/mol. The molecule has 0 bridgehead atoms. The largest absolute Gasteiger partial charge is 0.507 e. The number of aliphatic imine (C=N–C) groups is 1. The van der Waals surface area contributed by atoms with Gasteiger partial charge in [-0.1, -0.05) is 0 Å². The van der Waals surface area contributed by atoms with Gasteiger partial charge in [0.15, 0.2) is 0 Å². The fraction of sp³-hybridized carbons (Fsp3) is 0.235. The quantitative estimate of drug-likeness (QED) is 0.727. The third-order valence-electron chi connectivity index (χ3n) is 3.88. The van der Waals surface area contributed by atoms with Crippen LogP contribution in [0, 0.1) is 6.92 Å². The zero-order valence-corrected chi connectivity index (χ0v) is 12.5. The number of aromatic amines is 1. The number of fused-ring (bicyclic) bond motifs is 1. The Morgan fingerprint density at radius 1 is 1.39 bits per heavy atom. The standard InChI is InChI=1S/C17H15N3O3/c1-9-6-15(21)12(17(22)23-9)8-18-11-4-5-13-14(7-11)20-16(19-13)10-2-3-10/h4-8,10,21H,2-3H2,1H3,(H,19,20). The second kappa shape index (κ2) is 5.08. The summed E-state index contributed by atoms with van der Waals surface area (Å²) in [6.45, 7) is 1.60. The lowest BCUT2D eigenvalue weighted by atomic mass is 10.2. The molecule has 23 heavy (non-hydrogen) atoms. The molecule has 0 spiro atoms. The van der Waals surface area contributed by atoms with Gasteiger partial charge in [-0.15, -0.1) is 0 Å². The van der Waals surface area contributed by atoms with Gasteiger partial charge in [0.05, 0.1) is 16.7 Å². The summed E-state index contributed by atoms with van der Waals surface area (Å²) in [4.78, 5) is 23.9. The molecule has 6 nitrogen and oxygen atoms in total. The third kappa shape index (κ3) is 2.63. The fourth-order valence-corrected chi connectivity index (χ4v) is 2.51. The lowest BCUT2D eigenvalue weighted by molar-refractivity contribution is 0.433. The van der Waals surface area contributed by atoms with Gasteiger partial charge in [0.25, 0.3) is 0 Å². The van der Waals surface area contributed by atoms with E-state index in [9.17, 15) is 9.90 Å². The lowest BCUT2D eigenvalue weighted by Crippen LogP contribution is -2.07. The number of benzene rings is 1. The average molecular weight is 309 g/mol. The molecule has 0 saturated heterocycles. The van der Waals surface area contributed by atoms with Crippen LogP contribution in [0.1, 0.15) is 35.9 Å². The van der Waals surface area contributed by atoms with Crippen LogP contribution in [0.2, 0.25) is 0 Å². The van der Waals surface area contributed by atoms with E-state index < -0.39 is 5.63 Å². The summed E-state index contributed by atoms with van der Waals surface area (Å²) in [5.41, 5.74) is 1.93. The van der Waals surface area contributed by atoms with Gasteiger partial charge in [0, 0.05) is 18.2 Å². The highest BCUT2D eigenvalue weighted by Gasteiger charge is 2.26. The molecule has 2 N–H and O–H groups in total. The minimum absolute atomic E-state index is 0.0407. The summed E-state index contributed by atoms with van der Waals surface area (Å²) >= 11 is 0. The fourth-order valence-electron chi connectivity index (χ4n) is 2.51. The Labute approximate surface area is 131 Å². The van der Waals surface area contributed by atoms with Crippen LogP contribution in [0.4, 0.5) is 5.69 Å². The maximum absolute atomic E-state index is 11.7. The molecule has 4 rings (SSSR count).